The Kier molecular flexibility index (Phi) is 5.24. The van der Waals surface area contributed by atoms with Crippen molar-refractivity contribution in [1.29, 1.82) is 0 Å². The van der Waals surface area contributed by atoms with E-state index in [1.165, 1.54) is 13.4 Å². The highest BCUT2D eigenvalue weighted by molar-refractivity contribution is 6.35. The molecule has 2 aromatic heterocycles. The Morgan fingerprint density at radius 2 is 1.90 bits per heavy atom. The zero-order valence-electron chi connectivity index (χ0n) is 16.3. The molecule has 3 N–H and O–H groups in total. The molecule has 9 heteroatoms. The molecule has 0 aliphatic carbocycles. The number of nitrogen functional groups attached to an aromatic ring is 1. The molecule has 152 valence electrons. The van der Waals surface area contributed by atoms with Crippen molar-refractivity contribution in [2.75, 3.05) is 18.2 Å². The third-order valence-electron chi connectivity index (χ3n) is 4.66. The molecule has 4 rings (SSSR count). The normalized spacial score (nSPS) is 12.0. The number of para-hydroxylation sites is 1. The molecule has 0 aliphatic rings. The zero-order valence-corrected chi connectivity index (χ0v) is 17.1. The Balaban J connectivity index is 1.92. The number of nitrogens with zero attached hydrogens (tertiary/aromatic N) is 4. The van der Waals surface area contributed by atoms with E-state index in [0.29, 0.717) is 39.0 Å². The maximum Gasteiger partial charge on any atom is 0.267 e. The third kappa shape index (κ3) is 3.42. The molecular weight excluding hydrogens is 404 g/mol. The predicted molar refractivity (Wildman–Crippen MR) is 117 cm³/mol. The van der Waals surface area contributed by atoms with Gasteiger partial charge in [-0.05, 0) is 31.2 Å². The first-order valence-electron chi connectivity index (χ1n) is 9.19. The van der Waals surface area contributed by atoms with E-state index in [0.717, 1.165) is 0 Å². The molecule has 2 heterocycles. The topological polar surface area (TPSA) is 108 Å². The Labute approximate surface area is 177 Å². The average Bonchev–Trinajstić information content (AvgIpc) is 2.74. The van der Waals surface area contributed by atoms with Crippen LogP contribution in [0.25, 0.3) is 16.6 Å². The fourth-order valence-corrected chi connectivity index (χ4v) is 3.54. The highest BCUT2D eigenvalue weighted by atomic mass is 35.5. The van der Waals surface area contributed by atoms with Gasteiger partial charge in [-0.3, -0.25) is 9.36 Å². The number of anilines is 2. The van der Waals surface area contributed by atoms with Crippen molar-refractivity contribution in [2.24, 2.45) is 0 Å². The molecule has 8 nitrogen and oxygen atoms in total. The molecule has 0 amide bonds. The van der Waals surface area contributed by atoms with E-state index in [9.17, 15) is 4.79 Å². The second-order valence-corrected chi connectivity index (χ2v) is 6.99. The van der Waals surface area contributed by atoms with Crippen LogP contribution in [-0.2, 0) is 0 Å². The molecule has 2 aromatic carbocycles. The summed E-state index contributed by atoms with van der Waals surface area (Å²) in [5.74, 6) is 1.42. The van der Waals surface area contributed by atoms with E-state index in [1.54, 1.807) is 22.8 Å². The predicted octanol–water partition coefficient (Wildman–Crippen LogP) is 3.59. The summed E-state index contributed by atoms with van der Waals surface area (Å²) in [7, 11) is 1.49. The molecule has 30 heavy (non-hydrogen) atoms. The number of nitrogens with two attached hydrogens (primary N) is 1. The van der Waals surface area contributed by atoms with E-state index in [4.69, 9.17) is 27.1 Å². The lowest BCUT2D eigenvalue weighted by Gasteiger charge is -2.21. The average molecular weight is 423 g/mol. The minimum Gasteiger partial charge on any atom is -0.490 e. The van der Waals surface area contributed by atoms with E-state index in [2.05, 4.69) is 15.3 Å². The van der Waals surface area contributed by atoms with Gasteiger partial charge in [0.25, 0.3) is 5.56 Å². The van der Waals surface area contributed by atoms with E-state index < -0.39 is 6.04 Å². The third-order valence-corrected chi connectivity index (χ3v) is 4.98. The van der Waals surface area contributed by atoms with Crippen molar-refractivity contribution in [1.82, 2.24) is 19.5 Å². The highest BCUT2D eigenvalue weighted by Gasteiger charge is 2.21. The summed E-state index contributed by atoms with van der Waals surface area (Å²) in [6.07, 6.45) is 1.34. The molecule has 0 spiro atoms. The van der Waals surface area contributed by atoms with Gasteiger partial charge < -0.3 is 15.8 Å². The Morgan fingerprint density at radius 3 is 2.63 bits per heavy atom. The van der Waals surface area contributed by atoms with Crippen molar-refractivity contribution in [2.45, 2.75) is 13.0 Å². The number of halogens is 1. The first kappa shape index (κ1) is 19.7. The monoisotopic (exact) mass is 422 g/mol. The van der Waals surface area contributed by atoms with Crippen molar-refractivity contribution < 1.29 is 4.74 Å². The number of ether oxygens (including phenoxy) is 1. The zero-order chi connectivity index (χ0) is 21.3. The second-order valence-electron chi connectivity index (χ2n) is 6.59. The number of benzene rings is 2. The van der Waals surface area contributed by atoms with Crippen molar-refractivity contribution in [3.63, 3.8) is 0 Å². The van der Waals surface area contributed by atoms with Crippen LogP contribution in [0.1, 0.15) is 18.8 Å². The quantitative estimate of drug-likeness (QED) is 0.505. The molecule has 0 aliphatic heterocycles. The van der Waals surface area contributed by atoms with Gasteiger partial charge in [0.2, 0.25) is 5.75 Å². The lowest BCUT2D eigenvalue weighted by molar-refractivity contribution is 0.414. The fraction of sp³-hybridized carbons (Fsp3) is 0.143. The molecule has 0 saturated heterocycles. The number of hydrogen-bond donors (Lipinski definition) is 2. The molecular formula is C21H19ClN6O2. The molecule has 1 atom stereocenters. The van der Waals surface area contributed by atoms with Gasteiger partial charge >= 0.3 is 0 Å². The van der Waals surface area contributed by atoms with Crippen LogP contribution in [0.5, 0.6) is 5.75 Å². The summed E-state index contributed by atoms with van der Waals surface area (Å²) in [6.45, 7) is 1.87. The first-order chi connectivity index (χ1) is 14.5. The number of rotatable bonds is 5. The number of fused-ring (bicyclic) bond motifs is 1. The number of hydrogen-bond acceptors (Lipinski definition) is 7. The van der Waals surface area contributed by atoms with E-state index >= 15 is 0 Å². The van der Waals surface area contributed by atoms with Gasteiger partial charge in [0.1, 0.15) is 12.2 Å². The van der Waals surface area contributed by atoms with Crippen LogP contribution in [0.3, 0.4) is 0 Å². The summed E-state index contributed by atoms with van der Waals surface area (Å²) in [5, 5.41) is 3.94. The minimum atomic E-state index is -0.426. The highest BCUT2D eigenvalue weighted by Crippen LogP contribution is 2.30. The maximum absolute atomic E-state index is 13.4. The van der Waals surface area contributed by atoms with Crippen molar-refractivity contribution in [3.8, 4) is 11.4 Å². The van der Waals surface area contributed by atoms with Crippen LogP contribution in [0, 0.1) is 0 Å². The lowest BCUT2D eigenvalue weighted by Crippen LogP contribution is -2.27. The summed E-state index contributed by atoms with van der Waals surface area (Å²) in [4.78, 5) is 26.3. The van der Waals surface area contributed by atoms with E-state index in [-0.39, 0.29) is 11.4 Å². The van der Waals surface area contributed by atoms with Crippen molar-refractivity contribution in [3.05, 3.63) is 76.1 Å². The number of methoxy groups -OCH3 is 1. The fourth-order valence-electron chi connectivity index (χ4n) is 3.29. The van der Waals surface area contributed by atoms with Gasteiger partial charge in [0.15, 0.2) is 11.6 Å². The van der Waals surface area contributed by atoms with Gasteiger partial charge in [-0.1, -0.05) is 35.9 Å². The molecule has 0 fully saturated rings. The van der Waals surface area contributed by atoms with Crippen LogP contribution in [0.4, 0.5) is 11.6 Å². The SMILES string of the molecule is COc1c(N)ncnc1N[C@@H](C)c1nc2cccc(Cl)c2c(=O)n1-c1ccccc1. The summed E-state index contributed by atoms with van der Waals surface area (Å²) < 4.78 is 6.86. The summed E-state index contributed by atoms with van der Waals surface area (Å²) in [6, 6.07) is 14.0. The summed E-state index contributed by atoms with van der Waals surface area (Å²) in [5.41, 5.74) is 6.81. The minimum absolute atomic E-state index is 0.209. The Morgan fingerprint density at radius 1 is 1.13 bits per heavy atom. The van der Waals surface area contributed by atoms with Gasteiger partial charge in [-0.15, -0.1) is 0 Å². The summed E-state index contributed by atoms with van der Waals surface area (Å²) >= 11 is 6.32. The molecule has 0 saturated carbocycles. The Bertz CT molecular complexity index is 1280. The second kappa shape index (κ2) is 8.00. The van der Waals surface area contributed by atoms with E-state index in [1.807, 2.05) is 37.3 Å². The molecule has 4 aromatic rings. The lowest BCUT2D eigenvalue weighted by atomic mass is 10.2. The number of aromatic nitrogens is 4. The van der Waals surface area contributed by atoms with Crippen LogP contribution in [0.2, 0.25) is 5.02 Å². The molecule has 0 unspecified atom stereocenters. The van der Waals surface area contributed by atoms with Gasteiger partial charge in [0, 0.05) is 0 Å². The molecule has 0 radical (unpaired) electrons. The van der Waals surface area contributed by atoms with Crippen LogP contribution < -0.4 is 21.3 Å². The molecule has 0 bridgehead atoms. The maximum atomic E-state index is 13.4. The van der Waals surface area contributed by atoms with Gasteiger partial charge in [0.05, 0.1) is 34.8 Å². The van der Waals surface area contributed by atoms with Crippen LogP contribution in [-0.4, -0.2) is 26.6 Å². The van der Waals surface area contributed by atoms with Crippen LogP contribution in [0.15, 0.2) is 59.7 Å². The van der Waals surface area contributed by atoms with Crippen LogP contribution >= 0.6 is 11.6 Å². The van der Waals surface area contributed by atoms with Crippen molar-refractivity contribution >= 4 is 34.1 Å². The number of nitrogens with one attached hydrogen (secondary N) is 1. The van der Waals surface area contributed by atoms with Gasteiger partial charge in [-0.2, -0.15) is 0 Å². The Hall–Kier alpha value is -3.65. The largest absolute Gasteiger partial charge is 0.490 e. The standard InChI is InChI=1S/C21H19ClN6O2/c1-12(26-19-17(30-2)18(23)24-11-25-19)20-27-15-10-6-9-14(22)16(15)21(29)28(20)13-7-4-3-5-8-13/h3-12H,1-2H3,(H3,23,24,25,26)/t12-/m0/s1. The first-order valence-corrected chi connectivity index (χ1v) is 9.56. The smallest absolute Gasteiger partial charge is 0.267 e. The van der Waals surface area contributed by atoms with Gasteiger partial charge in [-0.25, -0.2) is 15.0 Å².